The van der Waals surface area contributed by atoms with Crippen molar-refractivity contribution in [1.82, 2.24) is 0 Å². The normalized spacial score (nSPS) is 10.8. The lowest BCUT2D eigenvalue weighted by Gasteiger charge is -2.01. The minimum absolute atomic E-state index is 0.744. The van der Waals surface area contributed by atoms with Gasteiger partial charge in [-0.2, -0.15) is 0 Å². The van der Waals surface area contributed by atoms with E-state index < -0.39 is 0 Å². The van der Waals surface area contributed by atoms with Gasteiger partial charge in [0.15, 0.2) is 0 Å². The molecule has 0 aliphatic heterocycles. The lowest BCUT2D eigenvalue weighted by atomic mass is 10.1. The Morgan fingerprint density at radius 1 is 1.06 bits per heavy atom. The molecule has 0 nitrogen and oxygen atoms in total. The van der Waals surface area contributed by atoms with Crippen LogP contribution in [-0.2, 0) is 0 Å². The maximum Gasteiger partial charge on any atom is 0.0406 e. The summed E-state index contributed by atoms with van der Waals surface area (Å²) in [6, 6.07) is 16.0. The lowest BCUT2D eigenvalue weighted by molar-refractivity contribution is 1.59. The molecule has 2 rings (SSSR count). The molecule has 0 N–H and O–H groups in total. The van der Waals surface area contributed by atoms with Gasteiger partial charge in [-0.1, -0.05) is 60.7 Å². The van der Waals surface area contributed by atoms with Gasteiger partial charge < -0.3 is 0 Å². The molecule has 90 valence electrons. The summed E-state index contributed by atoms with van der Waals surface area (Å²) in [5.74, 6) is 0. The molecule has 0 bridgehead atoms. The van der Waals surface area contributed by atoms with Crippen molar-refractivity contribution in [2.24, 2.45) is 0 Å². The van der Waals surface area contributed by atoms with Crippen LogP contribution in [0.1, 0.15) is 11.1 Å². The van der Waals surface area contributed by atoms with Crippen LogP contribution in [-0.4, -0.2) is 0 Å². The Morgan fingerprint density at radius 2 is 1.72 bits per heavy atom. The molecule has 0 saturated carbocycles. The molecule has 18 heavy (non-hydrogen) atoms. The molecule has 0 spiro atoms. The Hall–Kier alpha value is -1.06. The van der Waals surface area contributed by atoms with Gasteiger partial charge in [0.25, 0.3) is 0 Å². The summed E-state index contributed by atoms with van der Waals surface area (Å²) in [4.78, 5) is 0. The van der Waals surface area contributed by atoms with E-state index in [1.54, 1.807) is 0 Å². The minimum atomic E-state index is 0.744. The van der Waals surface area contributed by atoms with Crippen molar-refractivity contribution in [1.29, 1.82) is 0 Å². The van der Waals surface area contributed by atoms with Crippen LogP contribution >= 0.6 is 34.2 Å². The van der Waals surface area contributed by atoms with Gasteiger partial charge in [0.05, 0.1) is 0 Å². The average Bonchev–Trinajstić information content (AvgIpc) is 2.38. The smallest absolute Gasteiger partial charge is 0.0406 e. The first-order valence-corrected chi connectivity index (χ1v) is 7.00. The fraction of sp³-hybridized carbons (Fsp3) is 0. The SMILES string of the molecule is C=C(C=Cc1ccccc1I)c1ccc(Cl)cc1. The molecule has 0 heterocycles. The molecule has 0 saturated heterocycles. The van der Waals surface area contributed by atoms with Gasteiger partial charge in [0.2, 0.25) is 0 Å². The number of rotatable bonds is 3. The highest BCUT2D eigenvalue weighted by Gasteiger charge is 1.96. The monoisotopic (exact) mass is 366 g/mol. The number of benzene rings is 2. The molecule has 2 aromatic carbocycles. The molecule has 0 radical (unpaired) electrons. The van der Waals surface area contributed by atoms with Crippen molar-refractivity contribution in [3.63, 3.8) is 0 Å². The Bertz CT molecular complexity index is 582. The lowest BCUT2D eigenvalue weighted by Crippen LogP contribution is -1.80. The van der Waals surface area contributed by atoms with Crippen LogP contribution in [0.5, 0.6) is 0 Å². The largest absolute Gasteiger partial charge is 0.0912 e. The van der Waals surface area contributed by atoms with Gasteiger partial charge in [-0.05, 0) is 57.5 Å². The molecule has 0 aliphatic carbocycles. The zero-order valence-electron chi connectivity index (χ0n) is 9.74. The van der Waals surface area contributed by atoms with E-state index in [4.69, 9.17) is 11.6 Å². The third-order valence-corrected chi connectivity index (χ3v) is 3.82. The van der Waals surface area contributed by atoms with Crippen molar-refractivity contribution in [2.75, 3.05) is 0 Å². The fourth-order valence-corrected chi connectivity index (χ4v) is 2.25. The summed E-state index contributed by atoms with van der Waals surface area (Å²) in [6.07, 6.45) is 4.11. The maximum absolute atomic E-state index is 5.86. The van der Waals surface area contributed by atoms with Gasteiger partial charge >= 0.3 is 0 Å². The highest BCUT2D eigenvalue weighted by Crippen LogP contribution is 2.19. The summed E-state index contributed by atoms with van der Waals surface area (Å²) in [7, 11) is 0. The van der Waals surface area contributed by atoms with E-state index >= 15 is 0 Å². The van der Waals surface area contributed by atoms with E-state index in [9.17, 15) is 0 Å². The van der Waals surface area contributed by atoms with Crippen LogP contribution < -0.4 is 0 Å². The standard InChI is InChI=1S/C16H12ClI/c1-12(13-8-10-15(17)11-9-13)6-7-14-4-2-3-5-16(14)18/h2-11H,1H2. The Balaban J connectivity index is 2.17. The van der Waals surface area contributed by atoms with E-state index in [-0.39, 0.29) is 0 Å². The van der Waals surface area contributed by atoms with Crippen LogP contribution in [0.4, 0.5) is 0 Å². The average molecular weight is 367 g/mol. The van der Waals surface area contributed by atoms with Crippen molar-refractivity contribution >= 4 is 45.8 Å². The molecular weight excluding hydrogens is 355 g/mol. The predicted molar refractivity (Wildman–Crippen MR) is 88.7 cm³/mol. The summed E-state index contributed by atoms with van der Waals surface area (Å²) in [5, 5.41) is 0.744. The Kier molecular flexibility index (Phi) is 4.61. The van der Waals surface area contributed by atoms with Crippen molar-refractivity contribution in [3.05, 3.63) is 80.9 Å². The van der Waals surface area contributed by atoms with Crippen molar-refractivity contribution in [3.8, 4) is 0 Å². The van der Waals surface area contributed by atoms with Gasteiger partial charge in [-0.25, -0.2) is 0 Å². The molecule has 0 amide bonds. The molecule has 0 aromatic heterocycles. The van der Waals surface area contributed by atoms with Gasteiger partial charge in [-0.15, -0.1) is 0 Å². The summed E-state index contributed by atoms with van der Waals surface area (Å²) < 4.78 is 1.23. The molecule has 2 aromatic rings. The maximum atomic E-state index is 5.86. The second-order valence-corrected chi connectivity index (χ2v) is 5.49. The summed E-state index contributed by atoms with van der Waals surface area (Å²) >= 11 is 8.19. The third-order valence-electron chi connectivity index (χ3n) is 2.58. The van der Waals surface area contributed by atoms with E-state index in [0.717, 1.165) is 16.2 Å². The van der Waals surface area contributed by atoms with Gasteiger partial charge in [0.1, 0.15) is 0 Å². The third kappa shape index (κ3) is 3.47. The van der Waals surface area contributed by atoms with Crippen LogP contribution in [0, 0.1) is 3.57 Å². The zero-order valence-corrected chi connectivity index (χ0v) is 12.6. The zero-order chi connectivity index (χ0) is 13.0. The first kappa shape index (κ1) is 13.4. The van der Waals surface area contributed by atoms with Crippen molar-refractivity contribution in [2.45, 2.75) is 0 Å². The molecule has 0 aliphatic rings. The first-order chi connectivity index (χ1) is 8.66. The van der Waals surface area contributed by atoms with E-state index in [0.29, 0.717) is 0 Å². The van der Waals surface area contributed by atoms with Crippen LogP contribution in [0.3, 0.4) is 0 Å². The minimum Gasteiger partial charge on any atom is -0.0912 e. The van der Waals surface area contributed by atoms with E-state index in [1.165, 1.54) is 9.13 Å². The quantitative estimate of drug-likeness (QED) is 0.485. The van der Waals surface area contributed by atoms with E-state index in [2.05, 4.69) is 47.4 Å². The number of hydrogen-bond acceptors (Lipinski definition) is 0. The second kappa shape index (κ2) is 6.21. The fourth-order valence-electron chi connectivity index (χ4n) is 1.56. The topological polar surface area (TPSA) is 0 Å². The van der Waals surface area contributed by atoms with Crippen molar-refractivity contribution < 1.29 is 0 Å². The Morgan fingerprint density at radius 3 is 2.39 bits per heavy atom. The molecule has 2 heteroatoms. The van der Waals surface area contributed by atoms with Crippen LogP contribution in [0.15, 0.2) is 61.2 Å². The Labute approximate surface area is 126 Å². The molecule has 0 unspecified atom stereocenters. The van der Waals surface area contributed by atoms with Crippen LogP contribution in [0.25, 0.3) is 11.6 Å². The van der Waals surface area contributed by atoms with Gasteiger partial charge in [-0.3, -0.25) is 0 Å². The first-order valence-electron chi connectivity index (χ1n) is 5.54. The molecular formula is C16H12ClI. The van der Waals surface area contributed by atoms with E-state index in [1.807, 2.05) is 42.5 Å². The highest BCUT2D eigenvalue weighted by atomic mass is 127. The number of hydrogen-bond donors (Lipinski definition) is 0. The molecule has 0 fully saturated rings. The van der Waals surface area contributed by atoms with Gasteiger partial charge in [0, 0.05) is 8.59 Å². The number of allylic oxidation sites excluding steroid dienone is 2. The molecule has 0 atom stereocenters. The summed E-state index contributed by atoms with van der Waals surface area (Å²) in [5.41, 5.74) is 3.26. The summed E-state index contributed by atoms with van der Waals surface area (Å²) in [6.45, 7) is 4.07. The highest BCUT2D eigenvalue weighted by molar-refractivity contribution is 14.1. The number of halogens is 2. The van der Waals surface area contributed by atoms with Crippen LogP contribution in [0.2, 0.25) is 5.02 Å². The predicted octanol–water partition coefficient (Wildman–Crippen LogP) is 5.67. The second-order valence-electron chi connectivity index (χ2n) is 3.89.